The molecule has 0 bridgehead atoms. The number of amides is 1. The number of aryl methyl sites for hydroxylation is 1. The maximum absolute atomic E-state index is 11.3. The number of aliphatic hydroxyl groups excluding tert-OH is 1. The minimum absolute atomic E-state index is 0.0595. The molecular formula is C14H20N2O2. The van der Waals surface area contributed by atoms with Gasteiger partial charge < -0.3 is 14.9 Å². The molecule has 0 spiro atoms. The molecule has 1 heterocycles. The molecule has 1 aromatic rings. The molecule has 0 radical (unpaired) electrons. The summed E-state index contributed by atoms with van der Waals surface area (Å²) in [5.74, 6) is 0.140. The molecule has 0 unspecified atom stereocenters. The number of rotatable bonds is 2. The Hall–Kier alpha value is -1.55. The molecule has 2 rings (SSSR count). The first-order valence-corrected chi connectivity index (χ1v) is 6.32. The highest BCUT2D eigenvalue weighted by Gasteiger charge is 2.20. The summed E-state index contributed by atoms with van der Waals surface area (Å²) in [6.45, 7) is 6.87. The summed E-state index contributed by atoms with van der Waals surface area (Å²) in [7, 11) is 0. The Bertz CT molecular complexity index is 437. The van der Waals surface area contributed by atoms with Crippen molar-refractivity contribution in [3.63, 3.8) is 0 Å². The summed E-state index contributed by atoms with van der Waals surface area (Å²) in [6.07, 6.45) is 0. The molecule has 4 nitrogen and oxygen atoms in total. The van der Waals surface area contributed by atoms with Crippen LogP contribution in [0.1, 0.15) is 18.1 Å². The maximum atomic E-state index is 11.3. The number of aliphatic hydroxyl groups is 1. The van der Waals surface area contributed by atoms with Gasteiger partial charge in [0.25, 0.3) is 0 Å². The first-order valence-electron chi connectivity index (χ1n) is 6.32. The average molecular weight is 248 g/mol. The molecule has 1 fully saturated rings. The quantitative estimate of drug-likeness (QED) is 0.854. The third-order valence-corrected chi connectivity index (χ3v) is 3.47. The van der Waals surface area contributed by atoms with Crippen LogP contribution in [-0.2, 0) is 11.4 Å². The summed E-state index contributed by atoms with van der Waals surface area (Å²) in [4.78, 5) is 15.4. The molecule has 0 atom stereocenters. The second-order valence-electron chi connectivity index (χ2n) is 4.78. The van der Waals surface area contributed by atoms with E-state index in [-0.39, 0.29) is 12.5 Å². The van der Waals surface area contributed by atoms with Crippen molar-refractivity contribution in [2.75, 3.05) is 31.1 Å². The number of anilines is 1. The molecule has 0 aliphatic carbocycles. The predicted octanol–water partition coefficient (Wildman–Crippen LogP) is 1.16. The fraction of sp³-hybridized carbons (Fsp3) is 0.500. The number of carbonyl (C=O) groups is 1. The number of piperazine rings is 1. The molecule has 0 saturated carbocycles. The standard InChI is InChI=1S/C14H20N2O2/c1-11-3-4-14(13(9-11)10-17)16-7-5-15(6-8-16)12(2)18/h3-4,9,17H,5-8,10H2,1-2H3. The Labute approximate surface area is 108 Å². The second-order valence-corrected chi connectivity index (χ2v) is 4.78. The van der Waals surface area contributed by atoms with Crippen LogP contribution >= 0.6 is 0 Å². The third kappa shape index (κ3) is 2.64. The van der Waals surface area contributed by atoms with Crippen LogP contribution in [0.3, 0.4) is 0 Å². The fourth-order valence-corrected chi connectivity index (χ4v) is 2.41. The summed E-state index contributed by atoms with van der Waals surface area (Å²) in [5, 5.41) is 9.42. The lowest BCUT2D eigenvalue weighted by molar-refractivity contribution is -0.129. The van der Waals surface area contributed by atoms with Crippen molar-refractivity contribution in [2.45, 2.75) is 20.5 Å². The van der Waals surface area contributed by atoms with E-state index in [4.69, 9.17) is 0 Å². The van der Waals surface area contributed by atoms with Crippen LogP contribution in [0.2, 0.25) is 0 Å². The van der Waals surface area contributed by atoms with E-state index in [1.165, 1.54) is 0 Å². The van der Waals surface area contributed by atoms with E-state index in [1.807, 2.05) is 17.9 Å². The fourth-order valence-electron chi connectivity index (χ4n) is 2.41. The molecule has 4 heteroatoms. The van der Waals surface area contributed by atoms with E-state index in [0.717, 1.165) is 43.0 Å². The number of hydrogen-bond acceptors (Lipinski definition) is 3. The zero-order valence-corrected chi connectivity index (χ0v) is 11.0. The van der Waals surface area contributed by atoms with Gasteiger partial charge in [0.1, 0.15) is 0 Å². The van der Waals surface area contributed by atoms with Crippen molar-refractivity contribution in [3.05, 3.63) is 29.3 Å². The zero-order valence-electron chi connectivity index (χ0n) is 11.0. The van der Waals surface area contributed by atoms with E-state index in [1.54, 1.807) is 6.92 Å². The van der Waals surface area contributed by atoms with Gasteiger partial charge in [-0.2, -0.15) is 0 Å². The van der Waals surface area contributed by atoms with E-state index in [0.29, 0.717) is 0 Å². The minimum atomic E-state index is 0.0595. The van der Waals surface area contributed by atoms with Gasteiger partial charge in [-0.05, 0) is 13.0 Å². The Morgan fingerprint density at radius 1 is 1.28 bits per heavy atom. The van der Waals surface area contributed by atoms with Crippen LogP contribution in [0.25, 0.3) is 0 Å². The lowest BCUT2D eigenvalue weighted by Gasteiger charge is -2.36. The van der Waals surface area contributed by atoms with E-state index in [2.05, 4.69) is 17.0 Å². The van der Waals surface area contributed by atoms with Crippen LogP contribution in [-0.4, -0.2) is 42.1 Å². The van der Waals surface area contributed by atoms with Crippen molar-refractivity contribution in [3.8, 4) is 0 Å². The highest BCUT2D eigenvalue weighted by Crippen LogP contribution is 2.23. The molecule has 1 amide bonds. The van der Waals surface area contributed by atoms with E-state index < -0.39 is 0 Å². The van der Waals surface area contributed by atoms with Gasteiger partial charge in [-0.25, -0.2) is 0 Å². The van der Waals surface area contributed by atoms with Crippen LogP contribution < -0.4 is 4.90 Å². The van der Waals surface area contributed by atoms with Gasteiger partial charge in [0.15, 0.2) is 0 Å². The van der Waals surface area contributed by atoms with Gasteiger partial charge in [0, 0.05) is 44.4 Å². The van der Waals surface area contributed by atoms with Crippen molar-refractivity contribution in [1.82, 2.24) is 4.90 Å². The molecule has 1 saturated heterocycles. The lowest BCUT2D eigenvalue weighted by Crippen LogP contribution is -2.48. The van der Waals surface area contributed by atoms with E-state index >= 15 is 0 Å². The molecule has 1 N–H and O–H groups in total. The van der Waals surface area contributed by atoms with Crippen LogP contribution in [0.5, 0.6) is 0 Å². The number of benzene rings is 1. The molecule has 0 aromatic heterocycles. The van der Waals surface area contributed by atoms with Crippen LogP contribution in [0.4, 0.5) is 5.69 Å². The van der Waals surface area contributed by atoms with Crippen LogP contribution in [0, 0.1) is 6.92 Å². The Balaban J connectivity index is 2.12. The van der Waals surface area contributed by atoms with Crippen molar-refractivity contribution in [2.24, 2.45) is 0 Å². The lowest BCUT2D eigenvalue weighted by atomic mass is 10.1. The van der Waals surface area contributed by atoms with Crippen molar-refractivity contribution < 1.29 is 9.90 Å². The highest BCUT2D eigenvalue weighted by molar-refractivity contribution is 5.73. The largest absolute Gasteiger partial charge is 0.392 e. The topological polar surface area (TPSA) is 43.8 Å². The summed E-state index contributed by atoms with van der Waals surface area (Å²) >= 11 is 0. The van der Waals surface area contributed by atoms with E-state index in [9.17, 15) is 9.90 Å². The monoisotopic (exact) mass is 248 g/mol. The van der Waals surface area contributed by atoms with Gasteiger partial charge in [-0.15, -0.1) is 0 Å². The Morgan fingerprint density at radius 3 is 2.50 bits per heavy atom. The predicted molar refractivity (Wildman–Crippen MR) is 71.6 cm³/mol. The smallest absolute Gasteiger partial charge is 0.219 e. The number of carbonyl (C=O) groups excluding carboxylic acids is 1. The van der Waals surface area contributed by atoms with Crippen molar-refractivity contribution in [1.29, 1.82) is 0 Å². The molecule has 98 valence electrons. The first kappa shape index (κ1) is 12.9. The molecule has 18 heavy (non-hydrogen) atoms. The normalized spacial score (nSPS) is 15.9. The Kier molecular flexibility index (Phi) is 3.87. The third-order valence-electron chi connectivity index (χ3n) is 3.47. The zero-order chi connectivity index (χ0) is 13.1. The highest BCUT2D eigenvalue weighted by atomic mass is 16.3. The van der Waals surface area contributed by atoms with Crippen molar-refractivity contribution >= 4 is 11.6 Å². The maximum Gasteiger partial charge on any atom is 0.219 e. The molecular weight excluding hydrogens is 228 g/mol. The van der Waals surface area contributed by atoms with Gasteiger partial charge >= 0.3 is 0 Å². The molecule has 1 aliphatic rings. The summed E-state index contributed by atoms with van der Waals surface area (Å²) in [6, 6.07) is 6.14. The number of nitrogens with zero attached hydrogens (tertiary/aromatic N) is 2. The van der Waals surface area contributed by atoms with Gasteiger partial charge in [0.05, 0.1) is 6.61 Å². The summed E-state index contributed by atoms with van der Waals surface area (Å²) < 4.78 is 0. The summed E-state index contributed by atoms with van der Waals surface area (Å²) in [5.41, 5.74) is 3.21. The number of hydrogen-bond donors (Lipinski definition) is 1. The molecule has 1 aromatic carbocycles. The molecule has 1 aliphatic heterocycles. The Morgan fingerprint density at radius 2 is 1.94 bits per heavy atom. The SMILES string of the molecule is CC(=O)N1CCN(c2ccc(C)cc2CO)CC1. The van der Waals surface area contributed by atoms with Gasteiger partial charge in [0.2, 0.25) is 5.91 Å². The minimum Gasteiger partial charge on any atom is -0.392 e. The first-order chi connectivity index (χ1) is 8.61. The van der Waals surface area contributed by atoms with Gasteiger partial charge in [-0.1, -0.05) is 17.7 Å². The average Bonchev–Trinajstić information content (AvgIpc) is 2.38. The van der Waals surface area contributed by atoms with Gasteiger partial charge in [-0.3, -0.25) is 4.79 Å². The van der Waals surface area contributed by atoms with Crippen LogP contribution in [0.15, 0.2) is 18.2 Å². The second kappa shape index (κ2) is 5.40.